The van der Waals surface area contributed by atoms with E-state index in [1.54, 1.807) is 38.6 Å². The summed E-state index contributed by atoms with van der Waals surface area (Å²) in [6.45, 7) is 11.7. The van der Waals surface area contributed by atoms with Crippen LogP contribution in [-0.2, 0) is 39.4 Å². The van der Waals surface area contributed by atoms with Crippen molar-refractivity contribution in [3.8, 4) is 0 Å². The molecule has 0 saturated carbocycles. The molecular weight excluding hydrogens is 479 g/mol. The van der Waals surface area contributed by atoms with E-state index in [2.05, 4.69) is 20.0 Å². The van der Waals surface area contributed by atoms with Crippen molar-refractivity contribution >= 4 is 36.4 Å². The number of aromatic nitrogens is 4. The van der Waals surface area contributed by atoms with Gasteiger partial charge in [0.1, 0.15) is 23.7 Å². The van der Waals surface area contributed by atoms with Crippen molar-refractivity contribution in [3.05, 3.63) is 12.7 Å². The second kappa shape index (κ2) is 11.9. The third kappa shape index (κ3) is 7.96. The number of hydrogen-bond acceptors (Lipinski definition) is 11. The predicted molar refractivity (Wildman–Crippen MR) is 128 cm³/mol. The molecule has 2 heterocycles. The molecule has 0 aliphatic heterocycles. The zero-order chi connectivity index (χ0) is 26.4. The maximum absolute atomic E-state index is 13.8. The number of esters is 2. The van der Waals surface area contributed by atoms with Gasteiger partial charge >= 0.3 is 11.9 Å². The van der Waals surface area contributed by atoms with Crippen molar-refractivity contribution in [2.24, 2.45) is 0 Å². The fourth-order valence-corrected chi connectivity index (χ4v) is 5.24. The molecule has 0 aromatic carbocycles. The lowest BCUT2D eigenvalue weighted by Crippen LogP contribution is -2.48. The minimum absolute atomic E-state index is 0.136. The normalized spacial score (nSPS) is 15.5. The Kier molecular flexibility index (Phi) is 9.73. The molecule has 0 aliphatic rings. The summed E-state index contributed by atoms with van der Waals surface area (Å²) in [5, 5.41) is 2.72. The smallest absolute Gasteiger partial charge is 0.335 e. The molecule has 2 aromatic rings. The topological polar surface area (TPSA) is 170 Å². The second-order valence-electron chi connectivity index (χ2n) is 8.80. The highest BCUT2D eigenvalue weighted by molar-refractivity contribution is 7.56. The molecule has 2 aromatic heterocycles. The van der Waals surface area contributed by atoms with Gasteiger partial charge in [0.25, 0.3) is 7.52 Å². The molecule has 0 bridgehead atoms. The lowest BCUT2D eigenvalue weighted by atomic mass is 10.1. The predicted octanol–water partition coefficient (Wildman–Crippen LogP) is 2.25. The molecule has 3 atom stereocenters. The maximum atomic E-state index is 13.8. The molecule has 0 radical (unpaired) electrons. The molecule has 14 heteroatoms. The van der Waals surface area contributed by atoms with Gasteiger partial charge in [0.2, 0.25) is 0 Å². The van der Waals surface area contributed by atoms with Crippen molar-refractivity contribution in [1.29, 1.82) is 0 Å². The Morgan fingerprint density at radius 1 is 1.20 bits per heavy atom. The van der Waals surface area contributed by atoms with E-state index in [0.29, 0.717) is 17.7 Å². The fourth-order valence-electron chi connectivity index (χ4n) is 3.07. The molecular formula is C21H35N6O7P. The van der Waals surface area contributed by atoms with Gasteiger partial charge in [0, 0.05) is 0 Å². The third-order valence-corrected chi connectivity index (χ3v) is 6.71. The Bertz CT molecular complexity index is 1070. The van der Waals surface area contributed by atoms with Gasteiger partial charge in [0.15, 0.2) is 17.6 Å². The molecule has 0 spiro atoms. The van der Waals surface area contributed by atoms with Gasteiger partial charge in [-0.2, -0.15) is 0 Å². The van der Waals surface area contributed by atoms with Crippen molar-refractivity contribution in [2.75, 3.05) is 18.7 Å². The summed E-state index contributed by atoms with van der Waals surface area (Å²) < 4.78 is 37.1. The molecule has 0 amide bonds. The highest BCUT2D eigenvalue weighted by Gasteiger charge is 2.41. The first-order valence-corrected chi connectivity index (χ1v) is 13.1. The molecule has 196 valence electrons. The maximum Gasteiger partial charge on any atom is 0.335 e. The molecule has 35 heavy (non-hydrogen) atoms. The summed E-state index contributed by atoms with van der Waals surface area (Å²) in [5.74, 6) is -1.06. The number of fused-ring (bicyclic) bond motifs is 1. The van der Waals surface area contributed by atoms with E-state index in [9.17, 15) is 14.2 Å². The Morgan fingerprint density at radius 2 is 1.89 bits per heavy atom. The lowest BCUT2D eigenvalue weighted by Gasteiger charge is -2.32. The van der Waals surface area contributed by atoms with E-state index >= 15 is 0 Å². The van der Waals surface area contributed by atoms with E-state index in [0.717, 1.165) is 0 Å². The molecule has 3 N–H and O–H groups in total. The molecule has 2 rings (SSSR count). The summed E-state index contributed by atoms with van der Waals surface area (Å²) in [6, 6.07) is 0. The number of nitrogens with one attached hydrogen (secondary N) is 1. The van der Waals surface area contributed by atoms with Gasteiger partial charge in [-0.25, -0.2) is 24.8 Å². The zero-order valence-corrected chi connectivity index (χ0v) is 22.1. The summed E-state index contributed by atoms with van der Waals surface area (Å²) in [7, 11) is -3.92. The van der Waals surface area contributed by atoms with E-state index in [1.807, 2.05) is 0 Å². The number of nitrogen functional groups attached to an aromatic ring is 1. The van der Waals surface area contributed by atoms with E-state index < -0.39 is 43.6 Å². The summed E-state index contributed by atoms with van der Waals surface area (Å²) in [6.07, 6.45) is 0.439. The van der Waals surface area contributed by atoms with Crippen molar-refractivity contribution in [2.45, 2.75) is 78.9 Å². The van der Waals surface area contributed by atoms with Crippen LogP contribution in [0.2, 0.25) is 0 Å². The van der Waals surface area contributed by atoms with Crippen LogP contribution < -0.4 is 10.8 Å². The number of rotatable bonds is 13. The van der Waals surface area contributed by atoms with Gasteiger partial charge in [-0.3, -0.25) is 9.36 Å². The van der Waals surface area contributed by atoms with Gasteiger partial charge < -0.3 is 29.0 Å². The largest absolute Gasteiger partial charge is 0.464 e. The number of nitrogens with two attached hydrogens (primary N) is 1. The molecule has 0 unspecified atom stereocenters. The van der Waals surface area contributed by atoms with Crippen LogP contribution >= 0.6 is 7.52 Å². The Morgan fingerprint density at radius 3 is 2.51 bits per heavy atom. The quantitative estimate of drug-likeness (QED) is 0.296. The SMILES string of the molecule is CCOC(=O)[C@H](C)O[P@@](=O)(CO[C@H](C)Cn1cnc2c(N)ncnc21)NC(C)(C)C(=O)OC(C)C. The van der Waals surface area contributed by atoms with Crippen LogP contribution in [0.15, 0.2) is 12.7 Å². The van der Waals surface area contributed by atoms with Gasteiger partial charge in [-0.05, 0) is 48.5 Å². The Labute approximate surface area is 204 Å². The van der Waals surface area contributed by atoms with Crippen LogP contribution in [0.3, 0.4) is 0 Å². The number of nitrogens with zero attached hydrogens (tertiary/aromatic N) is 4. The number of imidazole rings is 1. The highest BCUT2D eigenvalue weighted by Crippen LogP contribution is 2.46. The molecule has 13 nitrogen and oxygen atoms in total. The standard InChI is InChI=1S/C21H35N6O7P/c1-8-31-19(28)15(5)34-35(30,26-21(6,7)20(29)33-13(2)3)12-32-14(4)9-27-11-25-16-17(22)23-10-24-18(16)27/h10-11,13-15H,8-9,12H2,1-7H3,(H,26,30)(H2,22,23,24)/t14-,15+,35+/m1/s1. The van der Waals surface area contributed by atoms with E-state index in [1.165, 1.54) is 27.1 Å². The Hall–Kier alpha value is -2.60. The molecule has 0 fully saturated rings. The minimum atomic E-state index is -3.92. The average molecular weight is 515 g/mol. The van der Waals surface area contributed by atoms with Gasteiger partial charge in [-0.15, -0.1) is 0 Å². The number of hydrogen-bond donors (Lipinski definition) is 2. The first kappa shape index (κ1) is 28.6. The van der Waals surface area contributed by atoms with E-state index in [-0.39, 0.29) is 18.5 Å². The summed E-state index contributed by atoms with van der Waals surface area (Å²) >= 11 is 0. The summed E-state index contributed by atoms with van der Waals surface area (Å²) in [5.41, 5.74) is 5.42. The van der Waals surface area contributed by atoms with Crippen LogP contribution in [0, 0.1) is 0 Å². The van der Waals surface area contributed by atoms with Crippen LogP contribution in [0.25, 0.3) is 11.2 Å². The number of carbonyl (C=O) groups is 2. The minimum Gasteiger partial charge on any atom is -0.464 e. The van der Waals surface area contributed by atoms with Crippen LogP contribution in [0.1, 0.15) is 48.5 Å². The van der Waals surface area contributed by atoms with Gasteiger partial charge in [0.05, 0.1) is 31.7 Å². The second-order valence-corrected chi connectivity index (χ2v) is 10.8. The monoisotopic (exact) mass is 514 g/mol. The molecule has 0 saturated heterocycles. The first-order valence-electron chi connectivity index (χ1n) is 11.3. The Balaban J connectivity index is 2.17. The number of anilines is 1. The van der Waals surface area contributed by atoms with Crippen molar-refractivity contribution < 1.29 is 32.9 Å². The van der Waals surface area contributed by atoms with Crippen molar-refractivity contribution in [1.82, 2.24) is 24.6 Å². The van der Waals surface area contributed by atoms with E-state index in [4.69, 9.17) is 24.5 Å². The highest BCUT2D eigenvalue weighted by atomic mass is 31.2. The zero-order valence-electron chi connectivity index (χ0n) is 21.2. The van der Waals surface area contributed by atoms with Crippen LogP contribution in [-0.4, -0.2) is 68.3 Å². The number of ether oxygens (including phenoxy) is 3. The molecule has 0 aliphatic carbocycles. The first-order chi connectivity index (χ1) is 16.3. The lowest BCUT2D eigenvalue weighted by molar-refractivity contribution is -0.153. The summed E-state index contributed by atoms with van der Waals surface area (Å²) in [4.78, 5) is 37.0. The third-order valence-electron chi connectivity index (χ3n) is 4.66. The van der Waals surface area contributed by atoms with Gasteiger partial charge in [-0.1, -0.05) is 0 Å². The fraction of sp³-hybridized carbons (Fsp3) is 0.667. The van der Waals surface area contributed by atoms with Crippen LogP contribution in [0.5, 0.6) is 0 Å². The number of carbonyl (C=O) groups excluding carboxylic acids is 2. The van der Waals surface area contributed by atoms with Crippen molar-refractivity contribution in [3.63, 3.8) is 0 Å². The van der Waals surface area contributed by atoms with Crippen LogP contribution in [0.4, 0.5) is 5.82 Å². The average Bonchev–Trinajstić information content (AvgIpc) is 3.15.